The van der Waals surface area contributed by atoms with E-state index in [1.807, 2.05) is 13.0 Å². The van der Waals surface area contributed by atoms with Crippen LogP contribution >= 0.6 is 0 Å². The Hall–Kier alpha value is -2.34. The van der Waals surface area contributed by atoms with Crippen LogP contribution in [0.1, 0.15) is 12.5 Å². The van der Waals surface area contributed by atoms with Gasteiger partial charge in [-0.15, -0.1) is 0 Å². The first-order valence-electron chi connectivity index (χ1n) is 5.92. The van der Waals surface area contributed by atoms with E-state index in [2.05, 4.69) is 9.97 Å². The molecule has 100 valence electrons. The molecule has 6 nitrogen and oxygen atoms in total. The average molecular weight is 261 g/mol. The van der Waals surface area contributed by atoms with E-state index < -0.39 is 5.56 Å². The summed E-state index contributed by atoms with van der Waals surface area (Å²) in [6, 6.07) is 5.31. The number of aromatic nitrogens is 2. The first kappa shape index (κ1) is 13.1. The van der Waals surface area contributed by atoms with Crippen LogP contribution in [0.3, 0.4) is 0 Å². The largest absolute Gasteiger partial charge is 0.490 e. The van der Waals surface area contributed by atoms with Gasteiger partial charge in [-0.25, -0.2) is 4.98 Å². The second kappa shape index (κ2) is 6.01. The summed E-state index contributed by atoms with van der Waals surface area (Å²) in [6.07, 6.45) is 2.89. The molecule has 2 aromatic rings. The molecule has 1 heterocycles. The zero-order chi connectivity index (χ0) is 13.7. The van der Waals surface area contributed by atoms with Crippen LogP contribution in [0, 0.1) is 0 Å². The summed E-state index contributed by atoms with van der Waals surface area (Å²) < 4.78 is 10.9. The fraction of sp³-hybridized carbons (Fsp3) is 0.231. The zero-order valence-electron chi connectivity index (χ0n) is 10.6. The maximum Gasteiger partial charge on any atom is 0.311 e. The van der Waals surface area contributed by atoms with Gasteiger partial charge in [-0.05, 0) is 24.6 Å². The van der Waals surface area contributed by atoms with Gasteiger partial charge in [0.05, 0.1) is 6.61 Å². The summed E-state index contributed by atoms with van der Waals surface area (Å²) in [5.41, 5.74) is 6.10. The number of ether oxygens (including phenoxy) is 2. The monoisotopic (exact) mass is 261 g/mol. The highest BCUT2D eigenvalue weighted by Gasteiger charge is 2.10. The van der Waals surface area contributed by atoms with Gasteiger partial charge in [0.15, 0.2) is 11.5 Å². The SMILES string of the molecule is CCOc1cc(CN)ccc1Oc1ncc[nH]c1=O. The standard InChI is InChI=1S/C13H15N3O3/c1-2-18-11-7-9(8-14)3-4-10(11)19-13-12(17)15-5-6-16-13/h3-7H,2,8,14H2,1H3,(H,15,17). The minimum Gasteiger partial charge on any atom is -0.490 e. The van der Waals surface area contributed by atoms with E-state index >= 15 is 0 Å². The second-order valence-corrected chi connectivity index (χ2v) is 3.74. The van der Waals surface area contributed by atoms with Crippen molar-refractivity contribution in [3.8, 4) is 17.4 Å². The zero-order valence-corrected chi connectivity index (χ0v) is 10.6. The molecule has 0 saturated heterocycles. The quantitative estimate of drug-likeness (QED) is 0.849. The van der Waals surface area contributed by atoms with Crippen LogP contribution in [0.15, 0.2) is 35.4 Å². The number of aromatic amines is 1. The third-order valence-electron chi connectivity index (χ3n) is 2.43. The molecule has 0 atom stereocenters. The van der Waals surface area contributed by atoms with E-state index in [-0.39, 0.29) is 5.88 Å². The average Bonchev–Trinajstić information content (AvgIpc) is 2.43. The maximum atomic E-state index is 11.5. The van der Waals surface area contributed by atoms with Gasteiger partial charge in [-0.3, -0.25) is 4.79 Å². The molecular formula is C13H15N3O3. The van der Waals surface area contributed by atoms with E-state index in [9.17, 15) is 4.79 Å². The summed E-state index contributed by atoms with van der Waals surface area (Å²) in [5.74, 6) is 0.947. The smallest absolute Gasteiger partial charge is 0.311 e. The van der Waals surface area contributed by atoms with Crippen LogP contribution in [-0.4, -0.2) is 16.6 Å². The van der Waals surface area contributed by atoms with Crippen molar-refractivity contribution in [3.63, 3.8) is 0 Å². The molecule has 0 amide bonds. The third kappa shape index (κ3) is 3.11. The lowest BCUT2D eigenvalue weighted by molar-refractivity contribution is 0.318. The van der Waals surface area contributed by atoms with Crippen molar-refractivity contribution in [2.75, 3.05) is 6.61 Å². The van der Waals surface area contributed by atoms with E-state index in [1.54, 1.807) is 12.1 Å². The van der Waals surface area contributed by atoms with Crippen molar-refractivity contribution < 1.29 is 9.47 Å². The Bertz CT molecular complexity index is 610. The fourth-order valence-electron chi connectivity index (χ4n) is 1.55. The molecule has 0 aliphatic heterocycles. The van der Waals surface area contributed by atoms with Gasteiger partial charge in [-0.2, -0.15) is 0 Å². The number of nitrogens with one attached hydrogen (secondary N) is 1. The van der Waals surface area contributed by atoms with Crippen LogP contribution in [0.2, 0.25) is 0 Å². The van der Waals surface area contributed by atoms with Crippen molar-refractivity contribution in [2.24, 2.45) is 5.73 Å². The number of H-pyrrole nitrogens is 1. The van der Waals surface area contributed by atoms with Gasteiger partial charge >= 0.3 is 5.56 Å². The number of rotatable bonds is 5. The molecule has 0 spiro atoms. The van der Waals surface area contributed by atoms with Crippen molar-refractivity contribution in [1.29, 1.82) is 0 Å². The Balaban J connectivity index is 2.34. The molecule has 3 N–H and O–H groups in total. The molecule has 0 aliphatic rings. The Kier molecular flexibility index (Phi) is 4.15. The van der Waals surface area contributed by atoms with Crippen LogP contribution in [0.25, 0.3) is 0 Å². The topological polar surface area (TPSA) is 90.2 Å². The summed E-state index contributed by atoms with van der Waals surface area (Å²) >= 11 is 0. The number of hydrogen-bond donors (Lipinski definition) is 2. The van der Waals surface area contributed by atoms with E-state index in [0.29, 0.717) is 24.7 Å². The lowest BCUT2D eigenvalue weighted by atomic mass is 10.2. The normalized spacial score (nSPS) is 10.2. The summed E-state index contributed by atoms with van der Waals surface area (Å²) in [5, 5.41) is 0. The van der Waals surface area contributed by atoms with Crippen molar-refractivity contribution in [1.82, 2.24) is 9.97 Å². The molecule has 19 heavy (non-hydrogen) atoms. The summed E-state index contributed by atoms with van der Waals surface area (Å²) in [6.45, 7) is 2.76. The second-order valence-electron chi connectivity index (χ2n) is 3.74. The first-order chi connectivity index (χ1) is 9.24. The molecule has 2 rings (SSSR count). The molecule has 0 radical (unpaired) electrons. The fourth-order valence-corrected chi connectivity index (χ4v) is 1.55. The Morgan fingerprint density at radius 1 is 1.37 bits per heavy atom. The molecule has 1 aromatic heterocycles. The van der Waals surface area contributed by atoms with Gasteiger partial charge in [-0.1, -0.05) is 6.07 Å². The van der Waals surface area contributed by atoms with E-state index in [4.69, 9.17) is 15.2 Å². The lowest BCUT2D eigenvalue weighted by Gasteiger charge is -2.11. The minimum atomic E-state index is -0.396. The van der Waals surface area contributed by atoms with Crippen LogP contribution in [0.4, 0.5) is 0 Å². The molecule has 6 heteroatoms. The number of hydrogen-bond acceptors (Lipinski definition) is 5. The third-order valence-corrected chi connectivity index (χ3v) is 2.43. The highest BCUT2D eigenvalue weighted by atomic mass is 16.5. The van der Waals surface area contributed by atoms with Crippen molar-refractivity contribution in [3.05, 3.63) is 46.5 Å². The number of benzene rings is 1. The minimum absolute atomic E-state index is 0.0241. The Morgan fingerprint density at radius 3 is 2.89 bits per heavy atom. The first-order valence-corrected chi connectivity index (χ1v) is 5.92. The van der Waals surface area contributed by atoms with E-state index in [0.717, 1.165) is 5.56 Å². The van der Waals surface area contributed by atoms with E-state index in [1.165, 1.54) is 12.4 Å². The molecule has 0 unspecified atom stereocenters. The molecule has 0 fully saturated rings. The van der Waals surface area contributed by atoms with Gasteiger partial charge in [0.25, 0.3) is 5.88 Å². The Labute approximate surface area is 110 Å². The maximum absolute atomic E-state index is 11.5. The number of nitrogens with two attached hydrogens (primary N) is 1. The highest BCUT2D eigenvalue weighted by molar-refractivity contribution is 5.44. The molecule has 0 saturated carbocycles. The van der Waals surface area contributed by atoms with Gasteiger partial charge in [0.1, 0.15) is 0 Å². The molecule has 0 aliphatic carbocycles. The molecular weight excluding hydrogens is 246 g/mol. The van der Waals surface area contributed by atoms with Crippen molar-refractivity contribution in [2.45, 2.75) is 13.5 Å². The van der Waals surface area contributed by atoms with Crippen LogP contribution in [0.5, 0.6) is 17.4 Å². The van der Waals surface area contributed by atoms with Crippen LogP contribution < -0.4 is 20.8 Å². The number of nitrogens with zero attached hydrogens (tertiary/aromatic N) is 1. The predicted octanol–water partition coefficient (Wildman–Crippen LogP) is 1.42. The van der Waals surface area contributed by atoms with Gasteiger partial charge in [0.2, 0.25) is 0 Å². The van der Waals surface area contributed by atoms with Gasteiger partial charge < -0.3 is 20.2 Å². The predicted molar refractivity (Wildman–Crippen MR) is 70.4 cm³/mol. The van der Waals surface area contributed by atoms with Crippen molar-refractivity contribution >= 4 is 0 Å². The molecule has 1 aromatic carbocycles. The lowest BCUT2D eigenvalue weighted by Crippen LogP contribution is -2.10. The summed E-state index contributed by atoms with van der Waals surface area (Å²) in [7, 11) is 0. The van der Waals surface area contributed by atoms with Gasteiger partial charge in [0, 0.05) is 18.9 Å². The molecule has 0 bridgehead atoms. The van der Waals surface area contributed by atoms with Crippen LogP contribution in [-0.2, 0) is 6.54 Å². The summed E-state index contributed by atoms with van der Waals surface area (Å²) in [4.78, 5) is 17.9. The highest BCUT2D eigenvalue weighted by Crippen LogP contribution is 2.30. The Morgan fingerprint density at radius 2 is 2.21 bits per heavy atom.